The second-order valence-electron chi connectivity index (χ2n) is 10.1. The summed E-state index contributed by atoms with van der Waals surface area (Å²) < 4.78 is 7.60. The van der Waals surface area contributed by atoms with Crippen molar-refractivity contribution in [2.24, 2.45) is 18.9 Å². The van der Waals surface area contributed by atoms with Gasteiger partial charge in [-0.25, -0.2) is 0 Å². The van der Waals surface area contributed by atoms with Crippen LogP contribution in [0, 0.1) is 11.8 Å². The molecule has 0 N–H and O–H groups in total. The largest absolute Gasteiger partial charge is 0.407 e. The summed E-state index contributed by atoms with van der Waals surface area (Å²) in [6.45, 7) is 8.12. The van der Waals surface area contributed by atoms with Crippen LogP contribution in [0.5, 0.6) is 0 Å². The number of rotatable bonds is 10. The number of unbranched alkanes of at least 4 members (excludes halogenated alkanes) is 1. The molecule has 0 saturated heterocycles. The molecule has 33 heavy (non-hydrogen) atoms. The summed E-state index contributed by atoms with van der Waals surface area (Å²) in [4.78, 5) is 2.57. The van der Waals surface area contributed by atoms with Crippen molar-refractivity contribution in [3.63, 3.8) is 0 Å². The first kappa shape index (κ1) is 23.4. The number of anilines is 1. The Kier molecular flexibility index (Phi) is 7.37. The van der Waals surface area contributed by atoms with Gasteiger partial charge in [0.15, 0.2) is 6.26 Å². The Labute approximate surface area is 199 Å². The van der Waals surface area contributed by atoms with Crippen LogP contribution in [0.1, 0.15) is 64.3 Å². The van der Waals surface area contributed by atoms with Crippen LogP contribution in [0.15, 0.2) is 83.3 Å². The summed E-state index contributed by atoms with van der Waals surface area (Å²) >= 11 is 0. The van der Waals surface area contributed by atoms with E-state index in [4.69, 9.17) is 4.42 Å². The summed E-state index contributed by atoms with van der Waals surface area (Å²) in [7, 11) is 2.01. The molecule has 1 atom stereocenters. The van der Waals surface area contributed by atoms with Crippen molar-refractivity contribution >= 4 is 11.8 Å². The fourth-order valence-corrected chi connectivity index (χ4v) is 5.16. The number of nitrogens with zero attached hydrogens (tertiary/aromatic N) is 2. The van der Waals surface area contributed by atoms with Crippen LogP contribution >= 0.6 is 0 Å². The lowest BCUT2D eigenvalue weighted by atomic mass is 9.77. The van der Waals surface area contributed by atoms with Gasteiger partial charge in [-0.1, -0.05) is 75.3 Å². The molecule has 4 rings (SSSR count). The molecule has 0 radical (unpaired) electrons. The van der Waals surface area contributed by atoms with E-state index < -0.39 is 0 Å². The summed E-state index contributed by atoms with van der Waals surface area (Å²) in [6.07, 6.45) is 25.3. The van der Waals surface area contributed by atoms with Crippen molar-refractivity contribution < 1.29 is 8.98 Å². The Balaban J connectivity index is 1.60. The number of para-hydroxylation sites is 1. The average Bonchev–Trinajstić information content (AvgIpc) is 3.51. The summed E-state index contributed by atoms with van der Waals surface area (Å²) in [6, 6.07) is 9.03. The number of hydrogen-bond acceptors (Lipinski definition) is 2. The van der Waals surface area contributed by atoms with Crippen molar-refractivity contribution in [1.82, 2.24) is 0 Å². The van der Waals surface area contributed by atoms with E-state index in [2.05, 4.69) is 92.5 Å². The molecule has 0 amide bonds. The third-order valence-corrected chi connectivity index (χ3v) is 7.18. The maximum absolute atomic E-state index is 5.60. The zero-order valence-electron chi connectivity index (χ0n) is 20.7. The Morgan fingerprint density at radius 2 is 1.94 bits per heavy atom. The Hall–Kier alpha value is -2.81. The molecule has 2 aliphatic rings. The van der Waals surface area contributed by atoms with Crippen molar-refractivity contribution in [3.8, 4) is 0 Å². The van der Waals surface area contributed by atoms with E-state index >= 15 is 0 Å². The highest BCUT2D eigenvalue weighted by molar-refractivity contribution is 5.71. The topological polar surface area (TPSA) is 20.3 Å². The van der Waals surface area contributed by atoms with E-state index in [9.17, 15) is 0 Å². The molecule has 0 spiro atoms. The van der Waals surface area contributed by atoms with Gasteiger partial charge in [-0.05, 0) is 55.7 Å². The molecule has 1 aliphatic carbocycles. The second-order valence-corrected chi connectivity index (χ2v) is 10.1. The highest BCUT2D eigenvalue weighted by Gasteiger charge is 2.42. The van der Waals surface area contributed by atoms with Crippen LogP contribution in [0.4, 0.5) is 5.69 Å². The van der Waals surface area contributed by atoms with Gasteiger partial charge in [-0.3, -0.25) is 0 Å². The van der Waals surface area contributed by atoms with Crippen LogP contribution in [0.25, 0.3) is 6.08 Å². The Morgan fingerprint density at radius 1 is 1.15 bits per heavy atom. The minimum absolute atomic E-state index is 0.0185. The van der Waals surface area contributed by atoms with E-state index in [1.165, 1.54) is 42.6 Å². The van der Waals surface area contributed by atoms with Crippen molar-refractivity contribution in [3.05, 3.63) is 90.3 Å². The molecule has 0 bridgehead atoms. The molecule has 174 valence electrons. The van der Waals surface area contributed by atoms with E-state index in [1.54, 1.807) is 6.26 Å². The summed E-state index contributed by atoms with van der Waals surface area (Å²) in [5.41, 5.74) is 4.28. The van der Waals surface area contributed by atoms with Gasteiger partial charge < -0.3 is 9.32 Å². The van der Waals surface area contributed by atoms with Crippen LogP contribution in [0.2, 0.25) is 0 Å². The van der Waals surface area contributed by atoms with Crippen LogP contribution in [-0.4, -0.2) is 6.54 Å². The maximum atomic E-state index is 5.60. The molecular weight excluding hydrogens is 404 g/mol. The second kappa shape index (κ2) is 10.4. The lowest BCUT2D eigenvalue weighted by molar-refractivity contribution is -0.676. The predicted molar refractivity (Wildman–Crippen MR) is 138 cm³/mol. The normalized spacial score (nSPS) is 21.4. The number of fused-ring (bicyclic) bond motifs is 1. The van der Waals surface area contributed by atoms with Gasteiger partial charge in [-0.15, -0.1) is 0 Å². The molecule has 2 aromatic rings. The molecule has 3 heteroatoms. The van der Waals surface area contributed by atoms with Crippen molar-refractivity contribution in [2.75, 3.05) is 11.4 Å². The first-order valence-electron chi connectivity index (χ1n) is 12.5. The number of hydrogen-bond donors (Lipinski definition) is 0. The van der Waals surface area contributed by atoms with E-state index in [0.29, 0.717) is 11.8 Å². The molecule has 0 saturated carbocycles. The van der Waals surface area contributed by atoms with Crippen LogP contribution in [0.3, 0.4) is 0 Å². The third kappa shape index (κ3) is 5.24. The molecule has 1 aliphatic heterocycles. The standard InChI is InChI=1S/C30H39N2O/c1-24(2)19-21-32-27-16-8-7-15-26(27)30(3,20-10-9-14-25-12-5-6-13-25)28(32)17-11-18-29-31(4)22-23-33-29/h5-8,11-13,15-18,22-25H,9-10,14,19-21H2,1-4H3/q+1. The zero-order valence-corrected chi connectivity index (χ0v) is 20.7. The first-order chi connectivity index (χ1) is 16.0. The molecular formula is C30H39N2O+. The first-order valence-corrected chi connectivity index (χ1v) is 12.5. The minimum Gasteiger partial charge on any atom is -0.407 e. The zero-order chi connectivity index (χ0) is 23.3. The van der Waals surface area contributed by atoms with E-state index in [1.807, 2.05) is 17.8 Å². The SMILES string of the molecule is CC(C)CCN1C(=CC=Cc2occ[n+]2C)C(C)(CCCCC2C=CC=C2)c2ccccc21. The third-order valence-electron chi connectivity index (χ3n) is 7.18. The summed E-state index contributed by atoms with van der Waals surface area (Å²) in [5.74, 6) is 2.16. The fourth-order valence-electron chi connectivity index (χ4n) is 5.16. The number of oxazole rings is 1. The Bertz CT molecular complexity index is 1040. The lowest BCUT2D eigenvalue weighted by Gasteiger charge is -2.31. The molecule has 1 unspecified atom stereocenters. The molecule has 0 fully saturated rings. The van der Waals surface area contributed by atoms with E-state index in [0.717, 1.165) is 18.9 Å². The monoisotopic (exact) mass is 443 g/mol. The number of aryl methyl sites for hydroxylation is 1. The van der Waals surface area contributed by atoms with Gasteiger partial charge in [0.05, 0.1) is 6.08 Å². The van der Waals surface area contributed by atoms with E-state index in [-0.39, 0.29) is 5.41 Å². The van der Waals surface area contributed by atoms with Gasteiger partial charge in [0.2, 0.25) is 6.20 Å². The van der Waals surface area contributed by atoms with Crippen LogP contribution in [-0.2, 0) is 12.5 Å². The fraction of sp³-hybridized carbons (Fsp3) is 0.433. The van der Waals surface area contributed by atoms with Gasteiger partial charge in [0.1, 0.15) is 7.05 Å². The summed E-state index contributed by atoms with van der Waals surface area (Å²) in [5, 5.41) is 0. The highest BCUT2D eigenvalue weighted by atomic mass is 16.3. The Morgan fingerprint density at radius 3 is 2.67 bits per heavy atom. The smallest absolute Gasteiger partial charge is 0.372 e. The maximum Gasteiger partial charge on any atom is 0.372 e. The van der Waals surface area contributed by atoms with Gasteiger partial charge in [0, 0.05) is 23.3 Å². The lowest BCUT2D eigenvalue weighted by Crippen LogP contribution is -2.30. The van der Waals surface area contributed by atoms with Crippen molar-refractivity contribution in [1.29, 1.82) is 0 Å². The molecule has 2 heterocycles. The minimum atomic E-state index is 0.0185. The molecule has 1 aromatic carbocycles. The van der Waals surface area contributed by atoms with Crippen molar-refractivity contribution in [2.45, 2.75) is 58.3 Å². The number of allylic oxidation sites excluding steroid dienone is 7. The van der Waals surface area contributed by atoms with Gasteiger partial charge >= 0.3 is 5.89 Å². The highest BCUT2D eigenvalue weighted by Crippen LogP contribution is 2.50. The number of aromatic nitrogens is 1. The van der Waals surface area contributed by atoms with Gasteiger partial charge in [-0.2, -0.15) is 4.57 Å². The average molecular weight is 444 g/mol. The molecule has 3 nitrogen and oxygen atoms in total. The van der Waals surface area contributed by atoms with Crippen LogP contribution < -0.4 is 9.47 Å². The predicted octanol–water partition coefficient (Wildman–Crippen LogP) is 7.13. The number of benzene rings is 1. The quantitative estimate of drug-likeness (QED) is 0.288. The van der Waals surface area contributed by atoms with Gasteiger partial charge in [0.25, 0.3) is 0 Å². The molecule has 1 aromatic heterocycles.